The number of hydrogen-bond donors (Lipinski definition) is 2. The van der Waals surface area contributed by atoms with E-state index in [4.69, 9.17) is 24.8 Å². The van der Waals surface area contributed by atoms with Gasteiger partial charge in [-0.05, 0) is 12.5 Å². The molecular weight excluding hydrogens is 514 g/mol. The van der Waals surface area contributed by atoms with Crippen molar-refractivity contribution in [1.82, 2.24) is 15.2 Å². The van der Waals surface area contributed by atoms with Gasteiger partial charge in [-0.2, -0.15) is 0 Å². The summed E-state index contributed by atoms with van der Waals surface area (Å²) in [5.74, 6) is -2.22. The third kappa shape index (κ3) is 5.96. The first kappa shape index (κ1) is 27.4. The second-order valence-electron chi connectivity index (χ2n) is 7.49. The summed E-state index contributed by atoms with van der Waals surface area (Å²) in [6, 6.07) is -0.937. The Bertz CT molecular complexity index is 1090. The number of nitrogens with one attached hydrogen (secondary N) is 1. The maximum Gasteiger partial charge on any atom is 0.358 e. The largest absolute Gasteiger partial charge is 0.425 e. The van der Waals surface area contributed by atoms with Gasteiger partial charge in [0.1, 0.15) is 29.4 Å². The quantitative estimate of drug-likeness (QED) is 0.132. The SMILES string of the molecule is CCO/N=C(/C(=O)NC1C(=O)N2C(C(=O)OC(C)OC(=O)CC)=C(COC)CS[C@H]12)c1csc(N)n1. The molecule has 1 fully saturated rings. The van der Waals surface area contributed by atoms with Crippen molar-refractivity contribution in [1.29, 1.82) is 0 Å². The van der Waals surface area contributed by atoms with Gasteiger partial charge in [0.05, 0.1) is 6.61 Å². The molecule has 3 rings (SSSR count). The number of methoxy groups -OCH3 is 1. The number of rotatable bonds is 11. The monoisotopic (exact) mass is 541 g/mol. The third-order valence-electron chi connectivity index (χ3n) is 4.97. The number of thioether (sulfide) groups is 1. The maximum absolute atomic E-state index is 13.1. The number of nitrogens with two attached hydrogens (primary N) is 1. The Labute approximate surface area is 215 Å². The van der Waals surface area contributed by atoms with Gasteiger partial charge >= 0.3 is 11.9 Å². The minimum absolute atomic E-state index is 0.00554. The van der Waals surface area contributed by atoms with Crippen molar-refractivity contribution in [3.8, 4) is 0 Å². The van der Waals surface area contributed by atoms with E-state index in [0.29, 0.717) is 11.3 Å². The molecule has 3 heterocycles. The van der Waals surface area contributed by atoms with Gasteiger partial charge in [-0.15, -0.1) is 23.1 Å². The number of anilines is 1. The van der Waals surface area contributed by atoms with E-state index in [9.17, 15) is 19.2 Å². The number of thiazole rings is 1. The number of amides is 2. The smallest absolute Gasteiger partial charge is 0.358 e. The third-order valence-corrected chi connectivity index (χ3v) is 6.98. The minimum Gasteiger partial charge on any atom is -0.425 e. The molecule has 2 aliphatic rings. The van der Waals surface area contributed by atoms with Crippen LogP contribution in [0.2, 0.25) is 0 Å². The van der Waals surface area contributed by atoms with Gasteiger partial charge in [0.15, 0.2) is 10.8 Å². The molecule has 13 nitrogen and oxygen atoms in total. The molecule has 1 saturated heterocycles. The van der Waals surface area contributed by atoms with Gasteiger partial charge < -0.3 is 30.1 Å². The van der Waals surface area contributed by atoms with Crippen LogP contribution in [0.25, 0.3) is 0 Å². The molecule has 1 aromatic heterocycles. The van der Waals surface area contributed by atoms with Crippen molar-refractivity contribution >= 4 is 57.7 Å². The summed E-state index contributed by atoms with van der Waals surface area (Å²) in [6.45, 7) is 5.03. The second-order valence-corrected chi connectivity index (χ2v) is 9.49. The Morgan fingerprint density at radius 3 is 2.69 bits per heavy atom. The Kier molecular flexibility index (Phi) is 9.28. The highest BCUT2D eigenvalue weighted by molar-refractivity contribution is 8.00. The van der Waals surface area contributed by atoms with Gasteiger partial charge in [0.25, 0.3) is 11.8 Å². The molecule has 3 N–H and O–H groups in total. The van der Waals surface area contributed by atoms with Crippen molar-refractivity contribution in [2.75, 3.05) is 31.8 Å². The predicted molar refractivity (Wildman–Crippen MR) is 131 cm³/mol. The maximum atomic E-state index is 13.1. The molecule has 0 aliphatic carbocycles. The van der Waals surface area contributed by atoms with Crippen LogP contribution in [0.4, 0.5) is 5.13 Å². The summed E-state index contributed by atoms with van der Waals surface area (Å²) >= 11 is 2.48. The Balaban J connectivity index is 1.77. The molecule has 0 radical (unpaired) electrons. The molecule has 1 aromatic rings. The Morgan fingerprint density at radius 1 is 1.33 bits per heavy atom. The van der Waals surface area contributed by atoms with E-state index in [1.165, 1.54) is 30.7 Å². The van der Waals surface area contributed by atoms with Gasteiger partial charge in [0, 0.05) is 31.6 Å². The molecule has 0 saturated carbocycles. The van der Waals surface area contributed by atoms with E-state index in [2.05, 4.69) is 15.5 Å². The molecule has 36 heavy (non-hydrogen) atoms. The minimum atomic E-state index is -1.15. The average molecular weight is 542 g/mol. The average Bonchev–Trinajstić information content (AvgIpc) is 3.28. The molecule has 2 unspecified atom stereocenters. The van der Waals surface area contributed by atoms with Crippen molar-refractivity contribution in [3.63, 3.8) is 0 Å². The standard InChI is InChI=1S/C21H27N5O8S2/c1-5-13(27)33-10(3)34-20(30)16-11(7-31-4)8-35-19-15(18(29)26(16)19)24-17(28)14(25-32-6-2)12-9-36-21(22)23-12/h9-10,15,19H,5-8H2,1-4H3,(H2,22,23)(H,24,28)/b25-14+/t10?,15?,19-/m1/s1. The number of aromatic nitrogens is 1. The molecule has 0 bridgehead atoms. The highest BCUT2D eigenvalue weighted by atomic mass is 32.2. The number of carbonyl (C=O) groups is 4. The van der Waals surface area contributed by atoms with Crippen LogP contribution in [0, 0.1) is 0 Å². The lowest BCUT2D eigenvalue weighted by Crippen LogP contribution is -2.71. The number of esters is 2. The molecule has 3 atom stereocenters. The Morgan fingerprint density at radius 2 is 2.08 bits per heavy atom. The highest BCUT2D eigenvalue weighted by Crippen LogP contribution is 2.41. The van der Waals surface area contributed by atoms with Crippen molar-refractivity contribution in [2.24, 2.45) is 5.16 Å². The van der Waals surface area contributed by atoms with Gasteiger partial charge in [-0.3, -0.25) is 19.3 Å². The number of fused-ring (bicyclic) bond motifs is 1. The van der Waals surface area contributed by atoms with Crippen LogP contribution in [-0.2, 0) is 38.2 Å². The lowest BCUT2D eigenvalue weighted by atomic mass is 10.0. The number of nitrogen functional groups attached to an aromatic ring is 1. The summed E-state index contributed by atoms with van der Waals surface area (Å²) in [4.78, 5) is 60.9. The Hall–Kier alpha value is -3.17. The number of carbonyl (C=O) groups excluding carboxylic acids is 4. The van der Waals surface area contributed by atoms with Crippen LogP contribution in [-0.4, -0.2) is 83.1 Å². The van der Waals surface area contributed by atoms with Crippen LogP contribution in [0.15, 0.2) is 21.8 Å². The fourth-order valence-corrected chi connectivity index (χ4v) is 5.27. The first-order valence-electron chi connectivity index (χ1n) is 11.0. The normalized spacial score (nSPS) is 20.3. The number of nitrogens with zero attached hydrogens (tertiary/aromatic N) is 3. The zero-order chi connectivity index (χ0) is 26.4. The summed E-state index contributed by atoms with van der Waals surface area (Å²) < 4.78 is 15.4. The number of ether oxygens (including phenoxy) is 3. The van der Waals surface area contributed by atoms with Crippen molar-refractivity contribution < 1.29 is 38.2 Å². The van der Waals surface area contributed by atoms with Crippen LogP contribution in [0.5, 0.6) is 0 Å². The van der Waals surface area contributed by atoms with Crippen LogP contribution < -0.4 is 11.1 Å². The summed E-state index contributed by atoms with van der Waals surface area (Å²) in [7, 11) is 1.46. The molecule has 2 amide bonds. The molecule has 0 spiro atoms. The van der Waals surface area contributed by atoms with E-state index < -0.39 is 41.5 Å². The predicted octanol–water partition coefficient (Wildman–Crippen LogP) is 0.609. The van der Waals surface area contributed by atoms with Crippen molar-refractivity contribution in [2.45, 2.75) is 44.9 Å². The van der Waals surface area contributed by atoms with Crippen molar-refractivity contribution in [3.05, 3.63) is 22.3 Å². The lowest BCUT2D eigenvalue weighted by Gasteiger charge is -2.49. The topological polar surface area (TPSA) is 172 Å². The molecule has 0 aromatic carbocycles. The van der Waals surface area contributed by atoms with Gasteiger partial charge in [-0.25, -0.2) is 9.78 Å². The fourth-order valence-electron chi connectivity index (χ4n) is 3.40. The number of oxime groups is 1. The highest BCUT2D eigenvalue weighted by Gasteiger charge is 2.55. The van der Waals surface area contributed by atoms with Crippen LogP contribution in [0.1, 0.15) is 32.9 Å². The zero-order valence-electron chi connectivity index (χ0n) is 20.1. The molecule has 15 heteroatoms. The summed E-state index contributed by atoms with van der Waals surface area (Å²) in [5, 5.41) is 7.70. The lowest BCUT2D eigenvalue weighted by molar-refractivity contribution is -0.184. The molecule has 196 valence electrons. The van der Waals surface area contributed by atoms with E-state index in [0.717, 1.165) is 11.3 Å². The van der Waals surface area contributed by atoms with Crippen LogP contribution in [0.3, 0.4) is 0 Å². The second kappa shape index (κ2) is 12.2. The summed E-state index contributed by atoms with van der Waals surface area (Å²) in [6.07, 6.45) is -1.03. The number of β-lactam (4-membered cyclic amide) rings is 1. The first-order valence-corrected chi connectivity index (χ1v) is 12.9. The van der Waals surface area contributed by atoms with Crippen LogP contribution >= 0.6 is 23.1 Å². The van der Waals surface area contributed by atoms with Gasteiger partial charge in [-0.1, -0.05) is 12.1 Å². The van der Waals surface area contributed by atoms with Gasteiger partial charge in [0.2, 0.25) is 6.29 Å². The van der Waals surface area contributed by atoms with E-state index in [1.54, 1.807) is 19.2 Å². The fraction of sp³-hybridized carbons (Fsp3) is 0.524. The van der Waals surface area contributed by atoms with E-state index >= 15 is 0 Å². The summed E-state index contributed by atoms with van der Waals surface area (Å²) in [5.41, 5.74) is 6.30. The molecule has 2 aliphatic heterocycles. The first-order chi connectivity index (χ1) is 17.2. The van der Waals surface area contributed by atoms with E-state index in [1.807, 2.05) is 0 Å². The number of hydrogen-bond acceptors (Lipinski definition) is 13. The van der Waals surface area contributed by atoms with E-state index in [-0.39, 0.29) is 41.9 Å². The zero-order valence-corrected chi connectivity index (χ0v) is 21.8. The molecular formula is C21H27N5O8S2.